The lowest BCUT2D eigenvalue weighted by Crippen LogP contribution is -2.60. The van der Waals surface area contributed by atoms with Gasteiger partial charge in [0.1, 0.15) is 11.7 Å². The Bertz CT molecular complexity index is 713. The summed E-state index contributed by atoms with van der Waals surface area (Å²) in [7, 11) is 1.72. The van der Waals surface area contributed by atoms with Crippen LogP contribution in [0.4, 0.5) is 0 Å². The highest BCUT2D eigenvalue weighted by Gasteiger charge is 2.53. The van der Waals surface area contributed by atoms with Gasteiger partial charge in [-0.25, -0.2) is 0 Å². The number of methoxy groups -OCH3 is 1. The molecule has 3 saturated heterocycles. The number of hydrogen-bond acceptors (Lipinski definition) is 3. The average Bonchev–Trinajstić information content (AvgIpc) is 2.69. The van der Waals surface area contributed by atoms with Crippen LogP contribution in [0.3, 0.4) is 0 Å². The predicted molar refractivity (Wildman–Crippen MR) is 98.2 cm³/mol. The van der Waals surface area contributed by atoms with Gasteiger partial charge in [0.2, 0.25) is 0 Å². The maximum atomic E-state index is 6.50. The van der Waals surface area contributed by atoms with Crippen molar-refractivity contribution in [3.05, 3.63) is 77.9 Å². The summed E-state index contributed by atoms with van der Waals surface area (Å²) < 4.78 is 18.1. The second kappa shape index (κ2) is 7.12. The van der Waals surface area contributed by atoms with Gasteiger partial charge in [-0.15, -0.1) is 0 Å². The van der Waals surface area contributed by atoms with E-state index in [9.17, 15) is 0 Å². The van der Waals surface area contributed by atoms with Crippen molar-refractivity contribution in [3.63, 3.8) is 0 Å². The molecule has 3 fully saturated rings. The van der Waals surface area contributed by atoms with E-state index in [0.29, 0.717) is 19.1 Å². The molecule has 5 rings (SSSR count). The summed E-state index contributed by atoms with van der Waals surface area (Å²) >= 11 is 0. The molecular formula is C22H24O3. The largest absolute Gasteiger partial charge is 0.382 e. The molecular weight excluding hydrogens is 312 g/mol. The van der Waals surface area contributed by atoms with Gasteiger partial charge in [-0.2, -0.15) is 0 Å². The third kappa shape index (κ3) is 3.28. The molecule has 3 aliphatic heterocycles. The summed E-state index contributed by atoms with van der Waals surface area (Å²) in [5.41, 5.74) is 2.01. The maximum Gasteiger partial charge on any atom is 0.118 e. The van der Waals surface area contributed by atoms with Crippen LogP contribution in [0.15, 0.2) is 66.7 Å². The van der Waals surface area contributed by atoms with Crippen molar-refractivity contribution >= 4 is 6.08 Å². The molecule has 3 heterocycles. The minimum atomic E-state index is -0.384. The molecule has 0 spiro atoms. The number of benzene rings is 2. The van der Waals surface area contributed by atoms with Crippen LogP contribution >= 0.6 is 0 Å². The molecule has 0 N–H and O–H groups in total. The number of ether oxygens (including phenoxy) is 3. The van der Waals surface area contributed by atoms with Crippen LogP contribution in [0, 0.1) is 5.92 Å². The van der Waals surface area contributed by atoms with Gasteiger partial charge in [0.15, 0.2) is 0 Å². The normalized spacial score (nSPS) is 31.5. The summed E-state index contributed by atoms with van der Waals surface area (Å²) in [6, 6.07) is 20.8. The summed E-state index contributed by atoms with van der Waals surface area (Å²) in [6.07, 6.45) is 5.41. The molecule has 0 aromatic heterocycles. The molecule has 2 aromatic rings. The molecule has 3 heteroatoms. The quantitative estimate of drug-likeness (QED) is 0.824. The number of rotatable bonds is 5. The average molecular weight is 336 g/mol. The van der Waals surface area contributed by atoms with Crippen LogP contribution in [-0.2, 0) is 19.8 Å². The molecule has 0 aliphatic carbocycles. The van der Waals surface area contributed by atoms with E-state index in [0.717, 1.165) is 6.42 Å². The summed E-state index contributed by atoms with van der Waals surface area (Å²) in [4.78, 5) is 0. The third-order valence-electron chi connectivity index (χ3n) is 5.21. The highest BCUT2D eigenvalue weighted by molar-refractivity contribution is 5.49. The number of fused-ring (bicyclic) bond motifs is 3. The first-order valence-corrected chi connectivity index (χ1v) is 8.88. The van der Waals surface area contributed by atoms with Crippen molar-refractivity contribution in [2.45, 2.75) is 24.2 Å². The van der Waals surface area contributed by atoms with E-state index >= 15 is 0 Å². The lowest BCUT2D eigenvalue weighted by Gasteiger charge is -2.53. The fraction of sp³-hybridized carbons (Fsp3) is 0.364. The second-order valence-electron chi connectivity index (χ2n) is 6.89. The fourth-order valence-electron chi connectivity index (χ4n) is 4.01. The van der Waals surface area contributed by atoms with E-state index in [4.69, 9.17) is 14.2 Å². The van der Waals surface area contributed by atoms with E-state index < -0.39 is 0 Å². The Morgan fingerprint density at radius 2 is 1.80 bits per heavy atom. The van der Waals surface area contributed by atoms with E-state index in [1.165, 1.54) is 11.1 Å². The monoisotopic (exact) mass is 336 g/mol. The Hall–Kier alpha value is -1.94. The molecule has 25 heavy (non-hydrogen) atoms. The third-order valence-corrected chi connectivity index (χ3v) is 5.21. The summed E-state index contributed by atoms with van der Waals surface area (Å²) in [6.45, 7) is 1.16. The van der Waals surface area contributed by atoms with Gasteiger partial charge < -0.3 is 14.2 Å². The Labute approximate surface area is 149 Å². The predicted octanol–water partition coefficient (Wildman–Crippen LogP) is 4.05. The first-order chi connectivity index (χ1) is 12.3. The molecule has 0 unspecified atom stereocenters. The van der Waals surface area contributed by atoms with E-state index in [1.807, 2.05) is 12.1 Å². The van der Waals surface area contributed by atoms with Crippen LogP contribution < -0.4 is 0 Å². The molecule has 3 aliphatic rings. The number of hydrogen-bond donors (Lipinski definition) is 0. The van der Waals surface area contributed by atoms with Crippen molar-refractivity contribution in [2.24, 2.45) is 5.92 Å². The van der Waals surface area contributed by atoms with Crippen LogP contribution in [0.1, 0.15) is 17.5 Å². The molecule has 3 nitrogen and oxygen atoms in total. The van der Waals surface area contributed by atoms with Gasteiger partial charge in [0.25, 0.3) is 0 Å². The molecule has 0 radical (unpaired) electrons. The summed E-state index contributed by atoms with van der Waals surface area (Å²) in [5, 5.41) is 0. The zero-order valence-electron chi connectivity index (χ0n) is 14.5. The minimum absolute atomic E-state index is 0.0434. The van der Waals surface area contributed by atoms with E-state index in [1.54, 1.807) is 7.11 Å². The fourth-order valence-corrected chi connectivity index (χ4v) is 4.01. The van der Waals surface area contributed by atoms with Crippen LogP contribution in [0.2, 0.25) is 0 Å². The lowest BCUT2D eigenvalue weighted by atomic mass is 9.75. The molecule has 0 amide bonds. The van der Waals surface area contributed by atoms with Gasteiger partial charge in [0, 0.05) is 13.0 Å². The van der Waals surface area contributed by atoms with Crippen molar-refractivity contribution in [2.75, 3.05) is 20.3 Å². The lowest BCUT2D eigenvalue weighted by molar-refractivity contribution is -0.296. The molecule has 0 saturated carbocycles. The summed E-state index contributed by atoms with van der Waals surface area (Å²) in [5.74, 6) is 0.308. The van der Waals surface area contributed by atoms with Gasteiger partial charge in [0.05, 0.1) is 19.3 Å². The Balaban J connectivity index is 1.63. The second-order valence-corrected chi connectivity index (χ2v) is 6.89. The molecule has 2 bridgehead atoms. The van der Waals surface area contributed by atoms with Crippen molar-refractivity contribution < 1.29 is 14.2 Å². The standard InChI is InChI=1S/C22H24O3/c1-23-15-20-21-18(13-12-17-8-4-2-5-9-17)14-22(25-20,16-24-21)19-10-6-3-7-11-19/h2-13,18,20-21H,14-16H2,1H3/t18-,20+,21+,22-/m0/s1. The van der Waals surface area contributed by atoms with Crippen molar-refractivity contribution in [1.82, 2.24) is 0 Å². The maximum absolute atomic E-state index is 6.50. The van der Waals surface area contributed by atoms with Crippen molar-refractivity contribution in [1.29, 1.82) is 0 Å². The first kappa shape index (κ1) is 16.5. The smallest absolute Gasteiger partial charge is 0.118 e. The first-order valence-electron chi connectivity index (χ1n) is 8.88. The van der Waals surface area contributed by atoms with Crippen LogP contribution in [-0.4, -0.2) is 32.5 Å². The van der Waals surface area contributed by atoms with Gasteiger partial charge in [-0.05, 0) is 17.5 Å². The highest BCUT2D eigenvalue weighted by atomic mass is 16.6. The van der Waals surface area contributed by atoms with Crippen molar-refractivity contribution in [3.8, 4) is 0 Å². The van der Waals surface area contributed by atoms with E-state index in [-0.39, 0.29) is 17.8 Å². The minimum Gasteiger partial charge on any atom is -0.382 e. The Kier molecular flexibility index (Phi) is 4.71. The topological polar surface area (TPSA) is 27.7 Å². The SMILES string of the molecule is COC[C@H]1O[C@]2(c3ccccc3)CO[C@@H]1[C@@H](C=Cc1ccccc1)C2. The molecule has 2 aromatic carbocycles. The molecule has 130 valence electrons. The van der Waals surface area contributed by atoms with Gasteiger partial charge in [-0.3, -0.25) is 0 Å². The van der Waals surface area contributed by atoms with Crippen LogP contribution in [0.25, 0.3) is 6.08 Å². The van der Waals surface area contributed by atoms with Gasteiger partial charge >= 0.3 is 0 Å². The van der Waals surface area contributed by atoms with Crippen LogP contribution in [0.5, 0.6) is 0 Å². The Morgan fingerprint density at radius 3 is 2.52 bits per heavy atom. The zero-order valence-corrected chi connectivity index (χ0v) is 14.5. The molecule has 4 atom stereocenters. The highest BCUT2D eigenvalue weighted by Crippen LogP contribution is 2.47. The zero-order chi connectivity index (χ0) is 17.1. The Morgan fingerprint density at radius 1 is 1.08 bits per heavy atom. The van der Waals surface area contributed by atoms with Gasteiger partial charge in [-0.1, -0.05) is 72.8 Å². The van der Waals surface area contributed by atoms with E-state index in [2.05, 4.69) is 60.7 Å².